The maximum atomic E-state index is 12.4. The number of nitrogens with zero attached hydrogens (tertiary/aromatic N) is 3. The van der Waals surface area contributed by atoms with Gasteiger partial charge in [-0.25, -0.2) is 4.98 Å². The van der Waals surface area contributed by atoms with Crippen molar-refractivity contribution >= 4 is 11.6 Å². The monoisotopic (exact) mass is 339 g/mol. The summed E-state index contributed by atoms with van der Waals surface area (Å²) in [6, 6.07) is 14.6. The molecule has 0 saturated heterocycles. The first-order valence-corrected chi connectivity index (χ1v) is 9.05. The zero-order chi connectivity index (χ0) is 18.2. The molecular weight excluding hydrogens is 310 g/mol. The summed E-state index contributed by atoms with van der Waals surface area (Å²) in [5.74, 6) is -0.0147. The summed E-state index contributed by atoms with van der Waals surface area (Å²) in [4.78, 5) is 20.9. The molecule has 1 amide bonds. The van der Waals surface area contributed by atoms with E-state index in [1.165, 1.54) is 5.56 Å². The Morgan fingerprint density at radius 1 is 1.12 bits per heavy atom. The number of unbranched alkanes of at least 4 members (excludes halogenated alkanes) is 1. The van der Waals surface area contributed by atoms with Gasteiger partial charge in [0.2, 0.25) is 0 Å². The largest absolute Gasteiger partial charge is 0.364 e. The molecule has 0 fully saturated rings. The van der Waals surface area contributed by atoms with E-state index in [4.69, 9.17) is 0 Å². The Bertz CT molecular complexity index is 653. The first-order valence-electron chi connectivity index (χ1n) is 9.05. The number of hydrogen-bond acceptors (Lipinski definition) is 3. The van der Waals surface area contributed by atoms with E-state index in [0.29, 0.717) is 11.7 Å². The van der Waals surface area contributed by atoms with Crippen LogP contribution in [0.5, 0.6) is 0 Å². The van der Waals surface area contributed by atoms with Gasteiger partial charge in [0, 0.05) is 26.2 Å². The third kappa shape index (κ3) is 5.31. The van der Waals surface area contributed by atoms with Crippen LogP contribution in [0.1, 0.15) is 49.7 Å². The number of aromatic nitrogens is 1. The van der Waals surface area contributed by atoms with Crippen molar-refractivity contribution in [2.24, 2.45) is 0 Å². The summed E-state index contributed by atoms with van der Waals surface area (Å²) in [7, 11) is 1.84. The molecule has 0 aliphatic carbocycles. The summed E-state index contributed by atoms with van der Waals surface area (Å²) in [6.07, 6.45) is 3.90. The van der Waals surface area contributed by atoms with Crippen molar-refractivity contribution in [3.63, 3.8) is 0 Å². The predicted molar refractivity (Wildman–Crippen MR) is 104 cm³/mol. The number of rotatable bonds is 8. The van der Waals surface area contributed by atoms with E-state index in [-0.39, 0.29) is 5.91 Å². The Kier molecular flexibility index (Phi) is 6.99. The van der Waals surface area contributed by atoms with Gasteiger partial charge in [-0.3, -0.25) is 4.79 Å². The normalized spacial score (nSPS) is 10.8. The molecule has 4 nitrogen and oxygen atoms in total. The van der Waals surface area contributed by atoms with Crippen LogP contribution in [0.4, 0.5) is 5.69 Å². The van der Waals surface area contributed by atoms with Gasteiger partial charge in [0.25, 0.3) is 5.91 Å². The molecule has 134 valence electrons. The van der Waals surface area contributed by atoms with Crippen LogP contribution in [-0.2, 0) is 6.54 Å². The number of hydrogen-bond donors (Lipinski definition) is 0. The lowest BCUT2D eigenvalue weighted by Gasteiger charge is -2.29. The third-order valence-corrected chi connectivity index (χ3v) is 4.31. The van der Waals surface area contributed by atoms with E-state index in [0.717, 1.165) is 31.6 Å². The summed E-state index contributed by atoms with van der Waals surface area (Å²) in [5.41, 5.74) is 2.80. The fourth-order valence-electron chi connectivity index (χ4n) is 2.73. The van der Waals surface area contributed by atoms with E-state index in [1.807, 2.05) is 31.4 Å². The van der Waals surface area contributed by atoms with Gasteiger partial charge in [0.1, 0.15) is 5.69 Å². The lowest BCUT2D eigenvalue weighted by atomic mass is 10.1. The molecule has 4 heteroatoms. The lowest BCUT2D eigenvalue weighted by molar-refractivity contribution is 0.0787. The topological polar surface area (TPSA) is 36.4 Å². The maximum absolute atomic E-state index is 12.4. The molecule has 1 aromatic heterocycles. The highest BCUT2D eigenvalue weighted by Gasteiger charge is 2.15. The standard InChI is InChI=1S/C21H29N3O/c1-5-6-14-23(4)21(25)20-13-12-19(15-22-20)24(17(2)3)16-18-10-8-7-9-11-18/h7-13,15,17H,5-6,14,16H2,1-4H3. The zero-order valence-corrected chi connectivity index (χ0v) is 15.8. The van der Waals surface area contributed by atoms with Crippen molar-refractivity contribution in [2.45, 2.75) is 46.2 Å². The van der Waals surface area contributed by atoms with Gasteiger partial charge in [-0.2, -0.15) is 0 Å². The molecule has 0 N–H and O–H groups in total. The zero-order valence-electron chi connectivity index (χ0n) is 15.8. The first kappa shape index (κ1) is 19.0. The van der Waals surface area contributed by atoms with Crippen LogP contribution in [0.3, 0.4) is 0 Å². The lowest BCUT2D eigenvalue weighted by Crippen LogP contribution is -2.31. The fraction of sp³-hybridized carbons (Fsp3) is 0.429. The summed E-state index contributed by atoms with van der Waals surface area (Å²) < 4.78 is 0. The molecule has 25 heavy (non-hydrogen) atoms. The van der Waals surface area contributed by atoms with Crippen LogP contribution < -0.4 is 4.90 Å². The quantitative estimate of drug-likeness (QED) is 0.716. The predicted octanol–water partition coefficient (Wildman–Crippen LogP) is 4.37. The molecule has 0 unspecified atom stereocenters. The van der Waals surface area contributed by atoms with E-state index in [1.54, 1.807) is 4.90 Å². The smallest absolute Gasteiger partial charge is 0.272 e. The van der Waals surface area contributed by atoms with Crippen molar-refractivity contribution in [1.82, 2.24) is 9.88 Å². The Morgan fingerprint density at radius 2 is 1.84 bits per heavy atom. The van der Waals surface area contributed by atoms with Crippen LogP contribution in [0.2, 0.25) is 0 Å². The van der Waals surface area contributed by atoms with E-state index >= 15 is 0 Å². The third-order valence-electron chi connectivity index (χ3n) is 4.31. The average Bonchev–Trinajstić information content (AvgIpc) is 2.64. The van der Waals surface area contributed by atoms with Crippen LogP contribution >= 0.6 is 0 Å². The summed E-state index contributed by atoms with van der Waals surface area (Å²) >= 11 is 0. The Hall–Kier alpha value is -2.36. The number of anilines is 1. The minimum atomic E-state index is -0.0147. The number of carbonyl (C=O) groups excluding carboxylic acids is 1. The minimum absolute atomic E-state index is 0.0147. The van der Waals surface area contributed by atoms with Gasteiger partial charge < -0.3 is 9.80 Å². The molecule has 0 aliphatic heterocycles. The number of carbonyl (C=O) groups is 1. The molecule has 2 rings (SSSR count). The summed E-state index contributed by atoms with van der Waals surface area (Å²) in [5, 5.41) is 0. The SMILES string of the molecule is CCCCN(C)C(=O)c1ccc(N(Cc2ccccc2)C(C)C)cn1. The van der Waals surface area contributed by atoms with Crippen molar-refractivity contribution in [2.75, 3.05) is 18.5 Å². The fourth-order valence-corrected chi connectivity index (χ4v) is 2.73. The molecule has 1 aromatic carbocycles. The van der Waals surface area contributed by atoms with E-state index in [9.17, 15) is 4.79 Å². The maximum Gasteiger partial charge on any atom is 0.272 e. The Labute approximate surface area is 151 Å². The van der Waals surface area contributed by atoms with Crippen LogP contribution in [0.15, 0.2) is 48.7 Å². The van der Waals surface area contributed by atoms with Crippen molar-refractivity contribution < 1.29 is 4.79 Å². The molecule has 0 atom stereocenters. The first-order chi connectivity index (χ1) is 12.0. The molecule has 0 spiro atoms. The molecule has 0 saturated carbocycles. The molecule has 0 aliphatic rings. The molecule has 1 heterocycles. The molecular formula is C21H29N3O. The van der Waals surface area contributed by atoms with Crippen LogP contribution in [0, 0.1) is 0 Å². The van der Waals surface area contributed by atoms with Crippen molar-refractivity contribution in [1.29, 1.82) is 0 Å². The van der Waals surface area contributed by atoms with Crippen molar-refractivity contribution in [3.8, 4) is 0 Å². The van der Waals surface area contributed by atoms with Gasteiger partial charge >= 0.3 is 0 Å². The van der Waals surface area contributed by atoms with Gasteiger partial charge in [-0.1, -0.05) is 43.7 Å². The highest BCUT2D eigenvalue weighted by molar-refractivity contribution is 5.92. The number of benzene rings is 1. The van der Waals surface area contributed by atoms with Gasteiger partial charge in [-0.05, 0) is 38.0 Å². The number of pyridine rings is 1. The van der Waals surface area contributed by atoms with Gasteiger partial charge in [-0.15, -0.1) is 0 Å². The average molecular weight is 339 g/mol. The second-order valence-corrected chi connectivity index (χ2v) is 6.69. The van der Waals surface area contributed by atoms with Crippen molar-refractivity contribution in [3.05, 3.63) is 59.9 Å². The van der Waals surface area contributed by atoms with Gasteiger partial charge in [0.05, 0.1) is 11.9 Å². The second kappa shape index (κ2) is 9.21. The van der Waals surface area contributed by atoms with E-state index in [2.05, 4.69) is 54.9 Å². The highest BCUT2D eigenvalue weighted by Crippen LogP contribution is 2.20. The minimum Gasteiger partial charge on any atom is -0.364 e. The van der Waals surface area contributed by atoms with E-state index < -0.39 is 0 Å². The van der Waals surface area contributed by atoms with Gasteiger partial charge in [0.15, 0.2) is 0 Å². The Morgan fingerprint density at radius 3 is 2.40 bits per heavy atom. The molecule has 0 bridgehead atoms. The molecule has 0 radical (unpaired) electrons. The number of amides is 1. The molecule has 2 aromatic rings. The van der Waals surface area contributed by atoms with Crippen LogP contribution in [0.25, 0.3) is 0 Å². The summed E-state index contributed by atoms with van der Waals surface area (Å²) in [6.45, 7) is 8.05. The van der Waals surface area contributed by atoms with Crippen LogP contribution in [-0.4, -0.2) is 35.4 Å². The highest BCUT2D eigenvalue weighted by atomic mass is 16.2. The second-order valence-electron chi connectivity index (χ2n) is 6.69. The Balaban J connectivity index is 2.11.